The summed E-state index contributed by atoms with van der Waals surface area (Å²) in [5.41, 5.74) is 1.98. The number of aryl methyl sites for hydroxylation is 1. The van der Waals surface area contributed by atoms with Crippen LogP contribution in [0, 0.1) is 6.92 Å². The Morgan fingerprint density at radius 1 is 1.25 bits per heavy atom. The molecule has 1 aromatic heterocycles. The van der Waals surface area contributed by atoms with Gasteiger partial charge < -0.3 is 5.32 Å². The number of ketones is 1. The van der Waals surface area contributed by atoms with Crippen LogP contribution in [0.1, 0.15) is 23.0 Å². The van der Waals surface area contributed by atoms with Gasteiger partial charge in [0.05, 0.1) is 16.2 Å². The summed E-state index contributed by atoms with van der Waals surface area (Å²) in [7, 11) is -3.20. The molecule has 106 valence electrons. The minimum atomic E-state index is -3.20. The zero-order valence-corrected chi connectivity index (χ0v) is 12.9. The maximum absolute atomic E-state index is 11.6. The third kappa shape index (κ3) is 3.05. The van der Waals surface area contributed by atoms with E-state index in [9.17, 15) is 13.2 Å². The number of anilines is 2. The minimum absolute atomic E-state index is 0.0495. The molecule has 2 rings (SSSR count). The highest BCUT2D eigenvalue weighted by Crippen LogP contribution is 2.28. The van der Waals surface area contributed by atoms with E-state index in [1.165, 1.54) is 30.6 Å². The van der Waals surface area contributed by atoms with Gasteiger partial charge in [-0.2, -0.15) is 4.37 Å². The summed E-state index contributed by atoms with van der Waals surface area (Å²) in [6, 6.07) is 6.38. The molecule has 0 aliphatic heterocycles. The maximum atomic E-state index is 11.6. The number of sulfone groups is 1. The Morgan fingerprint density at radius 2 is 1.85 bits per heavy atom. The Hall–Kier alpha value is -1.73. The molecule has 0 radical (unpaired) electrons. The Labute approximate surface area is 121 Å². The standard InChI is InChI=1S/C13H14N2O3S2/c1-8-12(9(2)16)13(19-15-8)14-10-4-6-11(7-5-10)20(3,17)18/h4-7,14H,1-3H3. The van der Waals surface area contributed by atoms with Gasteiger partial charge in [-0.25, -0.2) is 8.42 Å². The lowest BCUT2D eigenvalue weighted by molar-refractivity contribution is 0.101. The topological polar surface area (TPSA) is 76.1 Å². The monoisotopic (exact) mass is 310 g/mol. The number of rotatable bonds is 4. The van der Waals surface area contributed by atoms with Gasteiger partial charge in [0.25, 0.3) is 0 Å². The first-order chi connectivity index (χ1) is 9.29. The van der Waals surface area contributed by atoms with E-state index in [1.807, 2.05) is 0 Å². The van der Waals surface area contributed by atoms with E-state index in [0.29, 0.717) is 21.9 Å². The Morgan fingerprint density at radius 3 is 2.35 bits per heavy atom. The molecular formula is C13H14N2O3S2. The highest BCUT2D eigenvalue weighted by molar-refractivity contribution is 7.90. The van der Waals surface area contributed by atoms with Gasteiger partial charge >= 0.3 is 0 Å². The fourth-order valence-electron chi connectivity index (χ4n) is 1.79. The first kappa shape index (κ1) is 14.7. The predicted octanol–water partition coefficient (Wildman–Crippen LogP) is 2.80. The van der Waals surface area contributed by atoms with Crippen molar-refractivity contribution in [2.45, 2.75) is 18.7 Å². The van der Waals surface area contributed by atoms with E-state index < -0.39 is 9.84 Å². The number of carbonyl (C=O) groups is 1. The van der Waals surface area contributed by atoms with E-state index in [2.05, 4.69) is 9.69 Å². The second kappa shape index (κ2) is 5.34. The maximum Gasteiger partial charge on any atom is 0.175 e. The SMILES string of the molecule is CC(=O)c1c(C)nsc1Nc1ccc(S(C)(=O)=O)cc1. The summed E-state index contributed by atoms with van der Waals surface area (Å²) >= 11 is 1.21. The molecular weight excluding hydrogens is 296 g/mol. The molecule has 0 atom stereocenters. The van der Waals surface area contributed by atoms with Crippen LogP contribution in [0.15, 0.2) is 29.2 Å². The Bertz CT molecular complexity index is 746. The molecule has 1 N–H and O–H groups in total. The third-order valence-corrected chi connectivity index (χ3v) is 4.74. The number of hydrogen-bond donors (Lipinski definition) is 1. The number of benzene rings is 1. The smallest absolute Gasteiger partial charge is 0.175 e. The summed E-state index contributed by atoms with van der Waals surface area (Å²) in [4.78, 5) is 11.8. The first-order valence-corrected chi connectivity index (χ1v) is 8.50. The predicted molar refractivity (Wildman–Crippen MR) is 79.7 cm³/mol. The van der Waals surface area contributed by atoms with Crippen LogP contribution in [0.2, 0.25) is 0 Å². The molecule has 0 saturated heterocycles. The van der Waals surface area contributed by atoms with Crippen molar-refractivity contribution in [1.29, 1.82) is 0 Å². The molecule has 5 nitrogen and oxygen atoms in total. The fourth-order valence-corrected chi connectivity index (χ4v) is 3.28. The summed E-state index contributed by atoms with van der Waals surface area (Å²) in [5, 5.41) is 3.76. The van der Waals surface area contributed by atoms with Crippen molar-refractivity contribution < 1.29 is 13.2 Å². The van der Waals surface area contributed by atoms with E-state index in [1.54, 1.807) is 19.1 Å². The minimum Gasteiger partial charge on any atom is -0.345 e. The van der Waals surface area contributed by atoms with Gasteiger partial charge in [-0.3, -0.25) is 4.79 Å². The summed E-state index contributed by atoms with van der Waals surface area (Å²) in [6.45, 7) is 3.28. The van der Waals surface area contributed by atoms with Crippen molar-refractivity contribution >= 4 is 37.8 Å². The van der Waals surface area contributed by atoms with Crippen LogP contribution in [-0.2, 0) is 9.84 Å². The van der Waals surface area contributed by atoms with Gasteiger partial charge in [0.2, 0.25) is 0 Å². The second-order valence-electron chi connectivity index (χ2n) is 4.45. The Balaban J connectivity index is 2.30. The molecule has 2 aromatic rings. The molecule has 20 heavy (non-hydrogen) atoms. The van der Waals surface area contributed by atoms with Crippen LogP contribution in [0.5, 0.6) is 0 Å². The largest absolute Gasteiger partial charge is 0.345 e. The van der Waals surface area contributed by atoms with E-state index >= 15 is 0 Å². The average molecular weight is 310 g/mol. The van der Waals surface area contributed by atoms with Gasteiger partial charge in [0.15, 0.2) is 15.6 Å². The van der Waals surface area contributed by atoms with Crippen LogP contribution in [-0.4, -0.2) is 24.8 Å². The molecule has 0 bridgehead atoms. The molecule has 0 fully saturated rings. The highest BCUT2D eigenvalue weighted by atomic mass is 32.2. The van der Waals surface area contributed by atoms with Gasteiger partial charge in [0, 0.05) is 11.9 Å². The zero-order valence-electron chi connectivity index (χ0n) is 11.3. The molecule has 0 spiro atoms. The van der Waals surface area contributed by atoms with Crippen LogP contribution >= 0.6 is 11.5 Å². The lowest BCUT2D eigenvalue weighted by Gasteiger charge is -2.06. The third-order valence-electron chi connectivity index (χ3n) is 2.76. The van der Waals surface area contributed by atoms with Gasteiger partial charge in [-0.1, -0.05) is 0 Å². The van der Waals surface area contributed by atoms with E-state index in [0.717, 1.165) is 6.26 Å². The van der Waals surface area contributed by atoms with Crippen LogP contribution in [0.4, 0.5) is 10.7 Å². The average Bonchev–Trinajstić information content (AvgIpc) is 2.70. The van der Waals surface area contributed by atoms with Crippen molar-refractivity contribution in [1.82, 2.24) is 4.37 Å². The van der Waals surface area contributed by atoms with Crippen LogP contribution in [0.3, 0.4) is 0 Å². The van der Waals surface area contributed by atoms with Crippen molar-refractivity contribution in [3.05, 3.63) is 35.5 Å². The zero-order chi connectivity index (χ0) is 14.9. The quantitative estimate of drug-likeness (QED) is 0.879. The van der Waals surface area contributed by atoms with Crippen LogP contribution < -0.4 is 5.32 Å². The van der Waals surface area contributed by atoms with Crippen molar-refractivity contribution in [3.63, 3.8) is 0 Å². The number of nitrogens with one attached hydrogen (secondary N) is 1. The van der Waals surface area contributed by atoms with Gasteiger partial charge in [0.1, 0.15) is 5.00 Å². The summed E-state index contributed by atoms with van der Waals surface area (Å²) in [6.07, 6.45) is 1.16. The molecule has 0 aliphatic rings. The van der Waals surface area contributed by atoms with E-state index in [4.69, 9.17) is 0 Å². The summed E-state index contributed by atoms with van der Waals surface area (Å²) in [5.74, 6) is -0.0495. The number of Topliss-reactive ketones (excluding diaryl/α,β-unsaturated/α-hetero) is 1. The molecule has 0 unspecified atom stereocenters. The molecule has 0 amide bonds. The first-order valence-electron chi connectivity index (χ1n) is 5.83. The molecule has 1 aromatic carbocycles. The number of carbonyl (C=O) groups excluding carboxylic acids is 1. The molecule has 0 saturated carbocycles. The van der Waals surface area contributed by atoms with Crippen molar-refractivity contribution in [3.8, 4) is 0 Å². The number of hydrogen-bond acceptors (Lipinski definition) is 6. The van der Waals surface area contributed by atoms with E-state index in [-0.39, 0.29) is 10.7 Å². The molecule has 1 heterocycles. The van der Waals surface area contributed by atoms with Crippen LogP contribution in [0.25, 0.3) is 0 Å². The summed E-state index contributed by atoms with van der Waals surface area (Å²) < 4.78 is 26.9. The van der Waals surface area contributed by atoms with Crippen molar-refractivity contribution in [2.75, 3.05) is 11.6 Å². The van der Waals surface area contributed by atoms with Crippen molar-refractivity contribution in [2.24, 2.45) is 0 Å². The number of aromatic nitrogens is 1. The lowest BCUT2D eigenvalue weighted by Crippen LogP contribution is -2.00. The second-order valence-corrected chi connectivity index (χ2v) is 7.24. The number of nitrogens with zero attached hydrogens (tertiary/aromatic N) is 1. The highest BCUT2D eigenvalue weighted by Gasteiger charge is 2.15. The normalized spacial score (nSPS) is 11.3. The van der Waals surface area contributed by atoms with Gasteiger partial charge in [-0.05, 0) is 49.6 Å². The fraction of sp³-hybridized carbons (Fsp3) is 0.231. The lowest BCUT2D eigenvalue weighted by atomic mass is 10.2. The molecule has 7 heteroatoms. The van der Waals surface area contributed by atoms with Gasteiger partial charge in [-0.15, -0.1) is 0 Å². The Kier molecular flexibility index (Phi) is 3.92. The molecule has 0 aliphatic carbocycles.